The molecule has 0 atom stereocenters. The molecule has 0 saturated heterocycles. The van der Waals surface area contributed by atoms with Crippen LogP contribution < -0.4 is 4.90 Å². The fraction of sp³-hybridized carbons (Fsp3) is 0.583. The molecule has 0 unspecified atom stereocenters. The third kappa shape index (κ3) is 3.82. The van der Waals surface area contributed by atoms with Crippen LogP contribution in [0.2, 0.25) is 0 Å². The zero-order chi connectivity index (χ0) is 11.1. The van der Waals surface area contributed by atoms with E-state index in [1.807, 2.05) is 6.20 Å². The van der Waals surface area contributed by atoms with Crippen LogP contribution in [0.1, 0.15) is 32.3 Å². The molecule has 84 valence electrons. The Morgan fingerprint density at radius 1 is 1.20 bits per heavy atom. The summed E-state index contributed by atoms with van der Waals surface area (Å²) >= 11 is 3.43. The van der Waals surface area contributed by atoms with Gasteiger partial charge in [0.25, 0.3) is 0 Å². The van der Waals surface area contributed by atoms with Crippen LogP contribution in [0.5, 0.6) is 0 Å². The first-order valence-electron chi connectivity index (χ1n) is 5.57. The van der Waals surface area contributed by atoms with Gasteiger partial charge in [-0.15, -0.1) is 0 Å². The Morgan fingerprint density at radius 2 is 1.87 bits per heavy atom. The van der Waals surface area contributed by atoms with Crippen molar-refractivity contribution in [3.05, 3.63) is 23.9 Å². The Hall–Kier alpha value is -0.570. The average Bonchev–Trinajstić information content (AvgIpc) is 2.29. The van der Waals surface area contributed by atoms with Crippen LogP contribution in [0.25, 0.3) is 0 Å². The lowest BCUT2D eigenvalue weighted by molar-refractivity contribution is 0.734. The maximum Gasteiger partial charge on any atom is 0.128 e. The molecule has 0 saturated carbocycles. The molecule has 1 rings (SSSR count). The van der Waals surface area contributed by atoms with Crippen LogP contribution in [0.3, 0.4) is 0 Å². The van der Waals surface area contributed by atoms with E-state index < -0.39 is 0 Å². The van der Waals surface area contributed by atoms with Gasteiger partial charge in [-0.3, -0.25) is 0 Å². The highest BCUT2D eigenvalue weighted by Crippen LogP contribution is 2.13. The summed E-state index contributed by atoms with van der Waals surface area (Å²) in [6.45, 7) is 6.59. The Balaban J connectivity index is 2.72. The number of hydrogen-bond donors (Lipinski definition) is 0. The Kier molecular flexibility index (Phi) is 5.69. The van der Waals surface area contributed by atoms with Gasteiger partial charge in [0.05, 0.1) is 0 Å². The van der Waals surface area contributed by atoms with E-state index in [2.05, 4.69) is 51.8 Å². The molecule has 1 aromatic heterocycles. The minimum atomic E-state index is 0.877. The summed E-state index contributed by atoms with van der Waals surface area (Å²) in [6, 6.07) is 4.25. The summed E-state index contributed by atoms with van der Waals surface area (Å²) in [4.78, 5) is 6.83. The van der Waals surface area contributed by atoms with Crippen molar-refractivity contribution in [1.29, 1.82) is 0 Å². The summed E-state index contributed by atoms with van der Waals surface area (Å²) in [5.41, 5.74) is 1.23. The van der Waals surface area contributed by atoms with Crippen molar-refractivity contribution >= 4 is 21.7 Å². The van der Waals surface area contributed by atoms with Crippen molar-refractivity contribution < 1.29 is 0 Å². The van der Waals surface area contributed by atoms with E-state index in [9.17, 15) is 0 Å². The second-order valence-electron chi connectivity index (χ2n) is 3.65. The number of anilines is 1. The highest BCUT2D eigenvalue weighted by molar-refractivity contribution is 9.08. The molecule has 0 fully saturated rings. The highest BCUT2D eigenvalue weighted by Gasteiger charge is 2.04. The van der Waals surface area contributed by atoms with Gasteiger partial charge in [-0.05, 0) is 24.5 Å². The molecule has 0 N–H and O–H groups in total. The molecule has 15 heavy (non-hydrogen) atoms. The number of nitrogens with zero attached hydrogens (tertiary/aromatic N) is 2. The third-order valence-electron chi connectivity index (χ3n) is 2.27. The van der Waals surface area contributed by atoms with Crippen molar-refractivity contribution in [2.75, 3.05) is 18.0 Å². The van der Waals surface area contributed by atoms with E-state index in [1.165, 1.54) is 18.4 Å². The normalized spacial score (nSPS) is 10.3. The van der Waals surface area contributed by atoms with Gasteiger partial charge in [0.1, 0.15) is 5.82 Å². The van der Waals surface area contributed by atoms with E-state index in [0.717, 1.165) is 24.2 Å². The molecule has 0 aliphatic carbocycles. The molecule has 1 heterocycles. The molecular weight excluding hydrogens is 252 g/mol. The minimum Gasteiger partial charge on any atom is -0.357 e. The third-order valence-corrected chi connectivity index (χ3v) is 2.92. The molecule has 0 aromatic carbocycles. The summed E-state index contributed by atoms with van der Waals surface area (Å²) in [5, 5.41) is 0.877. The van der Waals surface area contributed by atoms with Crippen molar-refractivity contribution in [3.8, 4) is 0 Å². The lowest BCUT2D eigenvalue weighted by Gasteiger charge is -2.22. The first kappa shape index (κ1) is 12.5. The second-order valence-corrected chi connectivity index (χ2v) is 4.21. The fourth-order valence-corrected chi connectivity index (χ4v) is 1.90. The van der Waals surface area contributed by atoms with Crippen LogP contribution in [0.15, 0.2) is 18.3 Å². The lowest BCUT2D eigenvalue weighted by Crippen LogP contribution is -2.25. The van der Waals surface area contributed by atoms with Gasteiger partial charge < -0.3 is 4.90 Å². The van der Waals surface area contributed by atoms with E-state index in [0.29, 0.717) is 0 Å². The number of hydrogen-bond acceptors (Lipinski definition) is 2. The molecule has 0 amide bonds. The maximum absolute atomic E-state index is 4.48. The molecular formula is C12H19BrN2. The summed E-state index contributed by atoms with van der Waals surface area (Å²) in [6.07, 6.45) is 4.28. The average molecular weight is 271 g/mol. The predicted octanol–water partition coefficient (Wildman–Crippen LogP) is 3.60. The highest BCUT2D eigenvalue weighted by atomic mass is 79.9. The standard InChI is InChI=1S/C12H19BrN2/c1-3-7-15(8-4-2)12-6-5-11(9-13)10-14-12/h5-6,10H,3-4,7-9H2,1-2H3. The minimum absolute atomic E-state index is 0.877. The van der Waals surface area contributed by atoms with Gasteiger partial charge in [0.15, 0.2) is 0 Å². The molecule has 0 bridgehead atoms. The van der Waals surface area contributed by atoms with Crippen LogP contribution >= 0.6 is 15.9 Å². The van der Waals surface area contributed by atoms with Crippen LogP contribution in [0, 0.1) is 0 Å². The van der Waals surface area contributed by atoms with Gasteiger partial charge in [-0.2, -0.15) is 0 Å². The van der Waals surface area contributed by atoms with E-state index in [1.54, 1.807) is 0 Å². The predicted molar refractivity (Wildman–Crippen MR) is 69.7 cm³/mol. The number of halogens is 1. The van der Waals surface area contributed by atoms with E-state index >= 15 is 0 Å². The molecule has 0 radical (unpaired) electrons. The van der Waals surface area contributed by atoms with E-state index in [4.69, 9.17) is 0 Å². The Labute approximate surface area is 101 Å². The molecule has 1 aromatic rings. The smallest absolute Gasteiger partial charge is 0.128 e. The molecule has 0 aliphatic rings. The maximum atomic E-state index is 4.48. The van der Waals surface area contributed by atoms with Crippen molar-refractivity contribution in [3.63, 3.8) is 0 Å². The van der Waals surface area contributed by atoms with Gasteiger partial charge in [-0.25, -0.2) is 4.98 Å². The second kappa shape index (κ2) is 6.83. The summed E-state index contributed by atoms with van der Waals surface area (Å²) in [7, 11) is 0. The van der Waals surface area contributed by atoms with Crippen molar-refractivity contribution in [2.24, 2.45) is 0 Å². The quantitative estimate of drug-likeness (QED) is 0.735. The first-order valence-corrected chi connectivity index (χ1v) is 6.69. The molecule has 3 heteroatoms. The van der Waals surface area contributed by atoms with E-state index in [-0.39, 0.29) is 0 Å². The largest absolute Gasteiger partial charge is 0.357 e. The molecule has 0 aliphatic heterocycles. The zero-order valence-corrected chi connectivity index (χ0v) is 11.1. The Bertz CT molecular complexity index is 265. The van der Waals surface area contributed by atoms with Crippen LogP contribution in [-0.4, -0.2) is 18.1 Å². The SMILES string of the molecule is CCCN(CCC)c1ccc(CBr)cn1. The van der Waals surface area contributed by atoms with Crippen molar-refractivity contribution in [2.45, 2.75) is 32.0 Å². The number of pyridine rings is 1. The number of aromatic nitrogens is 1. The van der Waals surface area contributed by atoms with Gasteiger partial charge >= 0.3 is 0 Å². The van der Waals surface area contributed by atoms with Gasteiger partial charge in [0, 0.05) is 24.6 Å². The van der Waals surface area contributed by atoms with Crippen molar-refractivity contribution in [1.82, 2.24) is 4.98 Å². The Morgan fingerprint density at radius 3 is 2.27 bits per heavy atom. The topological polar surface area (TPSA) is 16.1 Å². The fourth-order valence-electron chi connectivity index (χ4n) is 1.56. The first-order chi connectivity index (χ1) is 7.31. The summed E-state index contributed by atoms with van der Waals surface area (Å²) in [5.74, 6) is 1.10. The molecule has 2 nitrogen and oxygen atoms in total. The summed E-state index contributed by atoms with van der Waals surface area (Å²) < 4.78 is 0. The number of rotatable bonds is 6. The number of alkyl halides is 1. The lowest BCUT2D eigenvalue weighted by atomic mass is 10.3. The van der Waals surface area contributed by atoms with Gasteiger partial charge in [-0.1, -0.05) is 35.8 Å². The van der Waals surface area contributed by atoms with Gasteiger partial charge in [0.2, 0.25) is 0 Å². The molecule has 0 spiro atoms. The van der Waals surface area contributed by atoms with Crippen LogP contribution in [0.4, 0.5) is 5.82 Å². The monoisotopic (exact) mass is 270 g/mol. The zero-order valence-electron chi connectivity index (χ0n) is 9.54. The van der Waals surface area contributed by atoms with Crippen LogP contribution in [-0.2, 0) is 5.33 Å².